The average Bonchev–Trinajstić information content (AvgIpc) is 3.41. The zero-order valence-electron chi connectivity index (χ0n) is 18.8. The van der Waals surface area contributed by atoms with Crippen LogP contribution in [0.1, 0.15) is 23.9 Å². The fraction of sp³-hybridized carbons (Fsp3) is 0.522. The molecule has 164 valence electrons. The molecule has 0 radical (unpaired) electrons. The number of fused-ring (bicyclic) bond motifs is 1. The monoisotopic (exact) mass is 422 g/mol. The first kappa shape index (κ1) is 20.2. The van der Waals surface area contributed by atoms with Gasteiger partial charge in [-0.25, -0.2) is 15.0 Å². The first-order valence-corrected chi connectivity index (χ1v) is 11.0. The van der Waals surface area contributed by atoms with Gasteiger partial charge in [-0.3, -0.25) is 0 Å². The van der Waals surface area contributed by atoms with E-state index in [0.29, 0.717) is 6.61 Å². The summed E-state index contributed by atoms with van der Waals surface area (Å²) in [6.07, 6.45) is 0.959. The molecule has 1 unspecified atom stereocenters. The number of hydrogen-bond acceptors (Lipinski definition) is 7. The van der Waals surface area contributed by atoms with E-state index in [0.717, 1.165) is 84.7 Å². The van der Waals surface area contributed by atoms with E-state index < -0.39 is 0 Å². The number of aromatic nitrogens is 4. The number of imidazole rings is 1. The van der Waals surface area contributed by atoms with E-state index in [2.05, 4.69) is 40.5 Å². The highest BCUT2D eigenvalue weighted by Crippen LogP contribution is 2.36. The van der Waals surface area contributed by atoms with E-state index in [1.807, 2.05) is 13.0 Å². The van der Waals surface area contributed by atoms with Crippen molar-refractivity contribution in [3.63, 3.8) is 0 Å². The fourth-order valence-corrected chi connectivity index (χ4v) is 4.58. The zero-order chi connectivity index (χ0) is 21.5. The topological polar surface area (TPSA) is 68.5 Å². The Morgan fingerprint density at radius 2 is 1.87 bits per heavy atom. The molecule has 2 aliphatic rings. The highest BCUT2D eigenvalue weighted by molar-refractivity contribution is 5.88. The molecule has 1 atom stereocenters. The maximum Gasteiger partial charge on any atom is 0.166 e. The number of hydrogen-bond donors (Lipinski definition) is 0. The predicted octanol–water partition coefficient (Wildman–Crippen LogP) is 2.83. The van der Waals surface area contributed by atoms with Gasteiger partial charge in [0, 0.05) is 38.3 Å². The molecule has 0 bridgehead atoms. The fourth-order valence-electron chi connectivity index (χ4n) is 4.58. The Morgan fingerprint density at radius 1 is 1.06 bits per heavy atom. The van der Waals surface area contributed by atoms with Crippen LogP contribution in [0.15, 0.2) is 18.2 Å². The van der Waals surface area contributed by atoms with Gasteiger partial charge in [-0.15, -0.1) is 0 Å². The summed E-state index contributed by atoms with van der Waals surface area (Å²) in [6, 6.07) is 6.37. The quantitative estimate of drug-likeness (QED) is 0.640. The van der Waals surface area contributed by atoms with E-state index in [4.69, 9.17) is 24.4 Å². The highest BCUT2D eigenvalue weighted by Gasteiger charge is 2.29. The van der Waals surface area contributed by atoms with Crippen LogP contribution in [-0.2, 0) is 4.74 Å². The van der Waals surface area contributed by atoms with E-state index in [-0.39, 0.29) is 6.04 Å². The van der Waals surface area contributed by atoms with Gasteiger partial charge in [0.25, 0.3) is 0 Å². The van der Waals surface area contributed by atoms with Crippen molar-refractivity contribution < 1.29 is 9.47 Å². The van der Waals surface area contributed by atoms with Gasteiger partial charge in [-0.1, -0.05) is 0 Å². The molecular formula is C23H30N6O2. The van der Waals surface area contributed by atoms with Crippen molar-refractivity contribution in [2.75, 3.05) is 58.5 Å². The minimum absolute atomic E-state index is 0.219. The van der Waals surface area contributed by atoms with Gasteiger partial charge in [0.2, 0.25) is 0 Å². The number of benzene rings is 1. The van der Waals surface area contributed by atoms with E-state index >= 15 is 0 Å². The Labute approximate surface area is 182 Å². The van der Waals surface area contributed by atoms with Crippen LogP contribution in [0.25, 0.3) is 22.6 Å². The van der Waals surface area contributed by atoms with E-state index in [9.17, 15) is 0 Å². The number of anilines is 1. The Hall–Kier alpha value is -2.71. The first-order chi connectivity index (χ1) is 15.0. The Kier molecular flexibility index (Phi) is 5.27. The number of piperazine rings is 1. The normalized spacial score (nSPS) is 20.0. The lowest BCUT2D eigenvalue weighted by Crippen LogP contribution is -2.45. The molecule has 3 aromatic rings. The molecule has 0 spiro atoms. The van der Waals surface area contributed by atoms with Crippen LogP contribution in [0.2, 0.25) is 0 Å². The number of methoxy groups -OCH3 is 1. The molecule has 2 saturated heterocycles. The molecule has 4 heterocycles. The van der Waals surface area contributed by atoms with Crippen LogP contribution < -0.4 is 9.64 Å². The lowest BCUT2D eigenvalue weighted by atomic mass is 10.1. The third-order valence-corrected chi connectivity index (χ3v) is 6.38. The van der Waals surface area contributed by atoms with Gasteiger partial charge >= 0.3 is 0 Å². The second-order valence-electron chi connectivity index (χ2n) is 8.56. The number of rotatable bonds is 4. The molecule has 8 nitrogen and oxygen atoms in total. The van der Waals surface area contributed by atoms with Crippen molar-refractivity contribution in [1.82, 2.24) is 24.4 Å². The summed E-state index contributed by atoms with van der Waals surface area (Å²) in [5.74, 6) is 3.50. The van der Waals surface area contributed by atoms with Crippen LogP contribution >= 0.6 is 0 Å². The number of ether oxygens (including phenoxy) is 2. The molecule has 0 amide bonds. The number of nitrogens with zero attached hydrogens (tertiary/aromatic N) is 6. The van der Waals surface area contributed by atoms with Crippen LogP contribution in [0.4, 0.5) is 5.82 Å². The molecular weight excluding hydrogens is 392 g/mol. The van der Waals surface area contributed by atoms with Gasteiger partial charge < -0.3 is 23.8 Å². The summed E-state index contributed by atoms with van der Waals surface area (Å²) >= 11 is 0. The van der Waals surface area contributed by atoms with Crippen molar-refractivity contribution in [3.05, 3.63) is 29.6 Å². The average molecular weight is 423 g/mol. The summed E-state index contributed by atoms with van der Waals surface area (Å²) in [5.41, 5.74) is 4.00. The predicted molar refractivity (Wildman–Crippen MR) is 121 cm³/mol. The smallest absolute Gasteiger partial charge is 0.166 e. The Balaban J connectivity index is 1.71. The van der Waals surface area contributed by atoms with Crippen LogP contribution in [-0.4, -0.2) is 78.0 Å². The molecule has 2 aliphatic heterocycles. The molecule has 8 heteroatoms. The SMILES string of the molecule is COc1ccc(-c2nc3c(N4CCN(C)CC4)nc(C)nc3n2C2CCOC2)c(C)c1. The second kappa shape index (κ2) is 8.09. The van der Waals surface area contributed by atoms with Gasteiger partial charge in [0.1, 0.15) is 17.4 Å². The number of aryl methyl sites for hydroxylation is 2. The second-order valence-corrected chi connectivity index (χ2v) is 8.56. The first-order valence-electron chi connectivity index (χ1n) is 11.0. The minimum Gasteiger partial charge on any atom is -0.497 e. The van der Waals surface area contributed by atoms with Crippen molar-refractivity contribution >= 4 is 17.0 Å². The third kappa shape index (κ3) is 3.64. The van der Waals surface area contributed by atoms with Crippen LogP contribution in [0.5, 0.6) is 5.75 Å². The van der Waals surface area contributed by atoms with E-state index in [1.54, 1.807) is 7.11 Å². The summed E-state index contributed by atoms with van der Waals surface area (Å²) in [7, 11) is 3.86. The molecule has 0 saturated carbocycles. The molecule has 2 fully saturated rings. The minimum atomic E-state index is 0.219. The molecule has 0 N–H and O–H groups in total. The van der Waals surface area contributed by atoms with Crippen molar-refractivity contribution in [2.45, 2.75) is 26.3 Å². The largest absolute Gasteiger partial charge is 0.497 e. The van der Waals surface area contributed by atoms with Crippen molar-refractivity contribution in [2.24, 2.45) is 0 Å². The van der Waals surface area contributed by atoms with E-state index in [1.165, 1.54) is 0 Å². The molecule has 0 aliphatic carbocycles. The van der Waals surface area contributed by atoms with Gasteiger partial charge in [-0.05, 0) is 51.1 Å². The third-order valence-electron chi connectivity index (χ3n) is 6.38. The summed E-state index contributed by atoms with van der Waals surface area (Å²) in [5, 5.41) is 0. The molecule has 31 heavy (non-hydrogen) atoms. The molecule has 1 aromatic carbocycles. The van der Waals surface area contributed by atoms with Gasteiger partial charge in [0.15, 0.2) is 17.0 Å². The Morgan fingerprint density at radius 3 is 2.55 bits per heavy atom. The van der Waals surface area contributed by atoms with Gasteiger partial charge in [-0.2, -0.15) is 0 Å². The maximum atomic E-state index is 5.75. The van der Waals surface area contributed by atoms with Crippen LogP contribution in [0.3, 0.4) is 0 Å². The summed E-state index contributed by atoms with van der Waals surface area (Å²) in [4.78, 5) is 19.6. The Bertz CT molecular complexity index is 1100. The standard InChI is InChI=1S/C23H30N6O2/c1-15-13-18(30-4)5-6-19(15)21-26-20-22(28-10-8-27(3)9-11-28)24-16(2)25-23(20)29(21)17-7-12-31-14-17/h5-6,13,17H,7-12,14H2,1-4H3. The maximum absolute atomic E-state index is 5.75. The lowest BCUT2D eigenvalue weighted by Gasteiger charge is -2.33. The van der Waals surface area contributed by atoms with Crippen molar-refractivity contribution in [3.8, 4) is 17.1 Å². The number of likely N-dealkylation sites (N-methyl/N-ethyl adjacent to an activating group) is 1. The van der Waals surface area contributed by atoms with Gasteiger partial charge in [0.05, 0.1) is 19.8 Å². The highest BCUT2D eigenvalue weighted by atomic mass is 16.5. The summed E-state index contributed by atoms with van der Waals surface area (Å²) < 4.78 is 13.4. The lowest BCUT2D eigenvalue weighted by molar-refractivity contribution is 0.187. The van der Waals surface area contributed by atoms with Crippen LogP contribution in [0, 0.1) is 13.8 Å². The molecule has 2 aromatic heterocycles. The van der Waals surface area contributed by atoms with Crippen molar-refractivity contribution in [1.29, 1.82) is 0 Å². The molecule has 5 rings (SSSR count). The zero-order valence-corrected chi connectivity index (χ0v) is 18.8. The summed E-state index contributed by atoms with van der Waals surface area (Å²) in [6.45, 7) is 9.45.